The van der Waals surface area contributed by atoms with Crippen molar-refractivity contribution >= 4 is 48.1 Å². The number of phenols is 1. The monoisotopic (exact) mass is 390 g/mol. The van der Waals surface area contributed by atoms with E-state index in [1.165, 1.54) is 18.3 Å². The number of anilines is 1. The zero-order chi connectivity index (χ0) is 15.8. The van der Waals surface area contributed by atoms with Gasteiger partial charge in [0.1, 0.15) is 9.96 Å². The van der Waals surface area contributed by atoms with Crippen LogP contribution >= 0.6 is 27.3 Å². The average Bonchev–Trinajstić information content (AvgIpc) is 2.82. The molecule has 9 heteroatoms. The first kappa shape index (κ1) is 15.9. The van der Waals surface area contributed by atoms with Gasteiger partial charge in [-0.1, -0.05) is 11.3 Å². The molecule has 0 unspecified atom stereocenters. The molecule has 2 N–H and O–H groups in total. The number of sulfone groups is 1. The number of aryl methyl sites for hydroxylation is 1. The van der Waals surface area contributed by atoms with E-state index in [0.717, 1.165) is 17.6 Å². The molecule has 0 saturated heterocycles. The molecule has 2 rings (SSSR count). The Morgan fingerprint density at radius 2 is 2.10 bits per heavy atom. The summed E-state index contributed by atoms with van der Waals surface area (Å²) in [7, 11) is -3.34. The predicted octanol–water partition coefficient (Wildman–Crippen LogP) is 2.58. The minimum absolute atomic E-state index is 0.0395. The fraction of sp³-hybridized carbons (Fsp3) is 0.167. The van der Waals surface area contributed by atoms with E-state index in [1.807, 2.05) is 0 Å². The van der Waals surface area contributed by atoms with E-state index in [-0.39, 0.29) is 15.1 Å². The number of carbonyl (C=O) groups excluding carboxylic acids is 1. The Morgan fingerprint density at radius 1 is 1.43 bits per heavy atom. The number of hydrogen-bond acceptors (Lipinski definition) is 6. The normalized spacial score (nSPS) is 11.4. The Labute approximate surface area is 133 Å². The van der Waals surface area contributed by atoms with Crippen molar-refractivity contribution in [2.75, 3.05) is 11.6 Å². The lowest BCUT2D eigenvalue weighted by Crippen LogP contribution is -2.13. The molecule has 0 aliphatic heterocycles. The Hall–Kier alpha value is -1.45. The smallest absolute Gasteiger partial charge is 0.257 e. The van der Waals surface area contributed by atoms with Crippen LogP contribution < -0.4 is 5.32 Å². The van der Waals surface area contributed by atoms with Crippen LogP contribution in [0.4, 0.5) is 5.13 Å². The van der Waals surface area contributed by atoms with Gasteiger partial charge in [0.25, 0.3) is 5.91 Å². The zero-order valence-corrected chi connectivity index (χ0v) is 14.3. The van der Waals surface area contributed by atoms with Crippen LogP contribution in [0, 0.1) is 6.92 Å². The fourth-order valence-electron chi connectivity index (χ4n) is 1.56. The van der Waals surface area contributed by atoms with Crippen molar-refractivity contribution in [3.8, 4) is 5.75 Å². The van der Waals surface area contributed by atoms with Crippen LogP contribution in [-0.2, 0) is 9.84 Å². The molecule has 0 spiro atoms. The van der Waals surface area contributed by atoms with Crippen molar-refractivity contribution in [1.29, 1.82) is 0 Å². The molecule has 0 aliphatic rings. The van der Waals surface area contributed by atoms with E-state index in [4.69, 9.17) is 0 Å². The first-order valence-electron chi connectivity index (χ1n) is 5.65. The SMILES string of the molecule is Cc1cc(O)c(Br)cc1C(=O)Nc1ncc(S(C)(=O)=O)s1. The zero-order valence-electron chi connectivity index (χ0n) is 11.0. The molecule has 1 aromatic heterocycles. The van der Waals surface area contributed by atoms with Gasteiger partial charge >= 0.3 is 0 Å². The van der Waals surface area contributed by atoms with Crippen molar-refractivity contribution < 1.29 is 18.3 Å². The summed E-state index contributed by atoms with van der Waals surface area (Å²) < 4.78 is 23.2. The Bertz CT molecular complexity index is 815. The van der Waals surface area contributed by atoms with Gasteiger partial charge in [-0.05, 0) is 40.5 Å². The van der Waals surface area contributed by atoms with Crippen LogP contribution in [0.15, 0.2) is 27.0 Å². The van der Waals surface area contributed by atoms with Crippen molar-refractivity contribution in [2.45, 2.75) is 11.1 Å². The Balaban J connectivity index is 2.26. The highest BCUT2D eigenvalue weighted by Crippen LogP contribution is 2.28. The molecule has 1 amide bonds. The van der Waals surface area contributed by atoms with Crippen molar-refractivity contribution in [3.63, 3.8) is 0 Å². The second-order valence-electron chi connectivity index (χ2n) is 4.33. The molecule has 0 saturated carbocycles. The van der Waals surface area contributed by atoms with Gasteiger partial charge in [0.2, 0.25) is 0 Å². The van der Waals surface area contributed by atoms with Crippen LogP contribution in [0.5, 0.6) is 5.75 Å². The highest BCUT2D eigenvalue weighted by Gasteiger charge is 2.16. The first-order chi connectivity index (χ1) is 9.68. The summed E-state index contributed by atoms with van der Waals surface area (Å²) in [5.41, 5.74) is 0.948. The van der Waals surface area contributed by atoms with Crippen LogP contribution in [0.1, 0.15) is 15.9 Å². The summed E-state index contributed by atoms with van der Waals surface area (Å²) in [4.78, 5) is 16.0. The molecule has 0 bridgehead atoms. The summed E-state index contributed by atoms with van der Waals surface area (Å²) in [5, 5.41) is 12.3. The topological polar surface area (TPSA) is 96.4 Å². The minimum atomic E-state index is -3.34. The van der Waals surface area contributed by atoms with Crippen molar-refractivity contribution in [1.82, 2.24) is 4.98 Å². The third-order valence-electron chi connectivity index (χ3n) is 2.61. The highest BCUT2D eigenvalue weighted by atomic mass is 79.9. The van der Waals surface area contributed by atoms with Gasteiger partial charge in [0.15, 0.2) is 15.0 Å². The number of nitrogens with one attached hydrogen (secondary N) is 1. The summed E-state index contributed by atoms with van der Waals surface area (Å²) in [5.74, 6) is -0.389. The van der Waals surface area contributed by atoms with Gasteiger partial charge in [-0.2, -0.15) is 0 Å². The van der Waals surface area contributed by atoms with Crippen LogP contribution in [0.3, 0.4) is 0 Å². The van der Waals surface area contributed by atoms with Gasteiger partial charge < -0.3 is 5.11 Å². The molecule has 0 atom stereocenters. The number of aromatic hydroxyl groups is 1. The molecule has 0 radical (unpaired) electrons. The number of benzene rings is 1. The van der Waals surface area contributed by atoms with E-state index in [9.17, 15) is 18.3 Å². The largest absolute Gasteiger partial charge is 0.507 e. The lowest BCUT2D eigenvalue weighted by atomic mass is 10.1. The molecule has 112 valence electrons. The van der Waals surface area contributed by atoms with E-state index < -0.39 is 15.7 Å². The number of hydrogen-bond donors (Lipinski definition) is 2. The molecule has 1 heterocycles. The predicted molar refractivity (Wildman–Crippen MR) is 83.7 cm³/mol. The second-order valence-corrected chi connectivity index (χ2v) is 8.46. The maximum atomic E-state index is 12.2. The summed E-state index contributed by atoms with van der Waals surface area (Å²) in [6.07, 6.45) is 2.28. The first-order valence-corrected chi connectivity index (χ1v) is 9.15. The fourth-order valence-corrected chi connectivity index (χ4v) is 3.54. The molecule has 1 aromatic carbocycles. The summed E-state index contributed by atoms with van der Waals surface area (Å²) >= 11 is 4.03. The number of halogens is 1. The Morgan fingerprint density at radius 3 is 2.67 bits per heavy atom. The number of thiazole rings is 1. The quantitative estimate of drug-likeness (QED) is 0.839. The Kier molecular flexibility index (Phi) is 4.35. The van der Waals surface area contributed by atoms with E-state index in [2.05, 4.69) is 26.2 Å². The van der Waals surface area contributed by atoms with E-state index in [1.54, 1.807) is 6.92 Å². The number of aromatic nitrogens is 1. The van der Waals surface area contributed by atoms with Crippen LogP contribution in [0.2, 0.25) is 0 Å². The standard InChI is InChI=1S/C12H11BrN2O4S2/c1-6-3-9(16)8(13)4-7(6)11(17)15-12-14-5-10(20-12)21(2,18)19/h3-5,16H,1-2H3,(H,14,15,17). The number of rotatable bonds is 3. The maximum absolute atomic E-state index is 12.2. The third-order valence-corrected chi connectivity index (χ3v) is 5.95. The molecule has 2 aromatic rings. The van der Waals surface area contributed by atoms with Gasteiger partial charge in [-0.15, -0.1) is 0 Å². The second kappa shape index (κ2) is 5.74. The van der Waals surface area contributed by atoms with Gasteiger partial charge in [-0.3, -0.25) is 10.1 Å². The van der Waals surface area contributed by atoms with Crippen molar-refractivity contribution in [3.05, 3.63) is 33.9 Å². The molecule has 6 nitrogen and oxygen atoms in total. The van der Waals surface area contributed by atoms with Crippen LogP contribution in [0.25, 0.3) is 0 Å². The number of nitrogens with zero attached hydrogens (tertiary/aromatic N) is 1. The number of amides is 1. The molecule has 0 fully saturated rings. The van der Waals surface area contributed by atoms with Gasteiger partial charge in [0, 0.05) is 11.8 Å². The van der Waals surface area contributed by atoms with Crippen LogP contribution in [-0.4, -0.2) is 30.7 Å². The average molecular weight is 391 g/mol. The number of carbonyl (C=O) groups is 1. The van der Waals surface area contributed by atoms with Crippen molar-refractivity contribution in [2.24, 2.45) is 0 Å². The summed E-state index contributed by atoms with van der Waals surface area (Å²) in [6, 6.07) is 2.95. The van der Waals surface area contributed by atoms with E-state index in [0.29, 0.717) is 15.6 Å². The summed E-state index contributed by atoms with van der Waals surface area (Å²) in [6.45, 7) is 1.69. The lowest BCUT2D eigenvalue weighted by Gasteiger charge is -2.07. The maximum Gasteiger partial charge on any atom is 0.257 e. The van der Waals surface area contributed by atoms with Gasteiger partial charge in [0.05, 0.1) is 10.7 Å². The highest BCUT2D eigenvalue weighted by molar-refractivity contribution is 9.10. The van der Waals surface area contributed by atoms with E-state index >= 15 is 0 Å². The molecule has 0 aliphatic carbocycles. The molecular weight excluding hydrogens is 380 g/mol. The molecular formula is C12H11BrN2O4S2. The van der Waals surface area contributed by atoms with Gasteiger partial charge in [-0.25, -0.2) is 13.4 Å². The lowest BCUT2D eigenvalue weighted by molar-refractivity contribution is 0.102. The minimum Gasteiger partial charge on any atom is -0.507 e. The molecule has 21 heavy (non-hydrogen) atoms. The number of phenolic OH excluding ortho intramolecular Hbond substituents is 1. The third kappa shape index (κ3) is 3.60.